The van der Waals surface area contributed by atoms with E-state index in [4.69, 9.17) is 33.2 Å². The van der Waals surface area contributed by atoms with Crippen LogP contribution < -0.4 is 18.9 Å². The zero-order chi connectivity index (χ0) is 44.8. The molecule has 3 saturated heterocycles. The second kappa shape index (κ2) is 22.8. The van der Waals surface area contributed by atoms with Crippen molar-refractivity contribution in [3.05, 3.63) is 89.2 Å². The average molecular weight is 1110 g/mol. The van der Waals surface area contributed by atoms with Crippen LogP contribution in [0.3, 0.4) is 0 Å². The minimum atomic E-state index is -1.15. The summed E-state index contributed by atoms with van der Waals surface area (Å²) in [6.45, 7) is 1.47. The number of hydrogen-bond donors (Lipinski definition) is 4. The van der Waals surface area contributed by atoms with Gasteiger partial charge in [-0.15, -0.1) is 0 Å². The molecule has 3 fully saturated rings. The first-order chi connectivity index (χ1) is 29.3. The zero-order valence-electron chi connectivity index (χ0n) is 33.6. The van der Waals surface area contributed by atoms with E-state index in [2.05, 4.69) is 89.7 Å². The molecule has 21 heteroatoms. The van der Waals surface area contributed by atoms with E-state index in [1.54, 1.807) is 45.1 Å². The fourth-order valence-electron chi connectivity index (χ4n) is 6.10. The molecule has 3 aliphatic heterocycles. The number of methoxy groups -OCH3 is 4. The summed E-state index contributed by atoms with van der Waals surface area (Å²) in [7, 11) is 6.10. The van der Waals surface area contributed by atoms with E-state index in [9.17, 15) is 30.5 Å². The summed E-state index contributed by atoms with van der Waals surface area (Å²) in [6, 6.07) is 9.56. The van der Waals surface area contributed by atoms with Gasteiger partial charge in [-0.3, -0.25) is 0 Å². The second-order valence-electron chi connectivity index (χ2n) is 14.0. The molecule has 0 amide bonds. The van der Waals surface area contributed by atoms with E-state index in [1.165, 1.54) is 14.2 Å². The van der Waals surface area contributed by atoms with Gasteiger partial charge in [-0.2, -0.15) is 5.26 Å². The third-order valence-corrected chi connectivity index (χ3v) is 11.8. The van der Waals surface area contributed by atoms with Gasteiger partial charge in [0.1, 0.15) is 17.1 Å². The van der Waals surface area contributed by atoms with Gasteiger partial charge in [0.15, 0.2) is 0 Å². The average Bonchev–Trinajstić information content (AvgIpc) is 3.22. The Hall–Kier alpha value is -3.40. The van der Waals surface area contributed by atoms with Gasteiger partial charge in [0.05, 0.1) is 111 Å². The Balaban J connectivity index is 0.000000179. The maximum absolute atomic E-state index is 11.1. The van der Waals surface area contributed by atoms with Crippen LogP contribution in [-0.4, -0.2) is 141 Å². The van der Waals surface area contributed by atoms with Gasteiger partial charge < -0.3 is 58.4 Å². The molecule has 0 radical (unpaired) electrons. The summed E-state index contributed by atoms with van der Waals surface area (Å²) in [4.78, 5) is 27.5. The predicted molar refractivity (Wildman–Crippen MR) is 233 cm³/mol. The highest BCUT2D eigenvalue weighted by Gasteiger charge is 2.45. The maximum atomic E-state index is 11.1. The molecule has 17 nitrogen and oxygen atoms in total. The van der Waals surface area contributed by atoms with Crippen molar-refractivity contribution in [2.24, 2.45) is 0 Å². The van der Waals surface area contributed by atoms with Gasteiger partial charge in [-0.05, 0) is 88.0 Å². The molecule has 0 bridgehead atoms. The van der Waals surface area contributed by atoms with Crippen LogP contribution in [0.25, 0.3) is 0 Å². The molecule has 0 aliphatic carbocycles. The molecule has 0 aromatic carbocycles. The molecule has 4 aromatic heterocycles. The van der Waals surface area contributed by atoms with Gasteiger partial charge in [-0.25, -0.2) is 19.9 Å². The van der Waals surface area contributed by atoms with Gasteiger partial charge in [0.2, 0.25) is 23.5 Å². The summed E-state index contributed by atoms with van der Waals surface area (Å²) in [5.74, 6) is 1.80. The Morgan fingerprint density at radius 3 is 1.38 bits per heavy atom. The number of aldehydes is 1. The van der Waals surface area contributed by atoms with Crippen molar-refractivity contribution in [1.29, 1.82) is 5.26 Å². The Bertz CT molecular complexity index is 2120. The minimum absolute atomic E-state index is 0.0431. The molecule has 3 aliphatic rings. The highest BCUT2D eigenvalue weighted by atomic mass is 79.9. The fraction of sp³-hybridized carbons (Fsp3) is 0.450. The van der Waals surface area contributed by atoms with Crippen molar-refractivity contribution in [1.82, 2.24) is 19.9 Å². The number of ether oxygens (including phenoxy) is 7. The van der Waals surface area contributed by atoms with Crippen molar-refractivity contribution >= 4 is 70.0 Å². The van der Waals surface area contributed by atoms with Gasteiger partial charge in [-0.1, -0.05) is 0 Å². The Labute approximate surface area is 386 Å². The molecule has 4 aromatic rings. The lowest BCUT2D eigenvalue weighted by Crippen LogP contribution is -2.50. The van der Waals surface area contributed by atoms with Crippen molar-refractivity contribution in [3.63, 3.8) is 0 Å². The standard InChI is InChI=1S/C10H9BrN2O2.C10H14BrNO4.C10H12BrNO3.C10H10BrNO3/c1-14-9-8(2-7(11)3-13-9)10(4-12)5-15-6-10;1-16-9-8(2-7(11)3-12-9)10(4-13,5-14)6-15;2*1-14-9-8(2-7(11)3-12-9)10(4-13)5-15-6-10/h2-3H,5-6H2,1H3;2-3,13-15H,4-6H2,1H3;2-3,13H,4-6H2,1H3;2-4H,5-6H2,1H3. The maximum Gasteiger partial charge on any atom is 0.218 e. The summed E-state index contributed by atoms with van der Waals surface area (Å²) in [5, 5.41) is 46.6. The van der Waals surface area contributed by atoms with E-state index in [1.807, 2.05) is 18.2 Å². The van der Waals surface area contributed by atoms with Crippen LogP contribution in [0.1, 0.15) is 22.3 Å². The number of pyridine rings is 4. The molecule has 330 valence electrons. The second-order valence-corrected chi connectivity index (χ2v) is 17.6. The van der Waals surface area contributed by atoms with Crippen LogP contribution in [0.4, 0.5) is 0 Å². The number of aliphatic hydroxyl groups is 4. The Kier molecular flexibility index (Phi) is 18.8. The topological polar surface area (TPSA) is 238 Å². The first-order valence-corrected chi connectivity index (χ1v) is 21.3. The highest BCUT2D eigenvalue weighted by Crippen LogP contribution is 2.40. The Morgan fingerprint density at radius 1 is 0.639 bits per heavy atom. The first kappa shape index (κ1) is 50.2. The smallest absolute Gasteiger partial charge is 0.218 e. The summed E-state index contributed by atoms with van der Waals surface area (Å²) >= 11 is 13.3. The molecule has 0 unspecified atom stereocenters. The van der Waals surface area contributed by atoms with Crippen LogP contribution in [0.5, 0.6) is 23.5 Å². The lowest BCUT2D eigenvalue weighted by molar-refractivity contribution is -0.130. The number of halogens is 4. The third kappa shape index (κ3) is 11.2. The van der Waals surface area contributed by atoms with Gasteiger partial charge in [0.25, 0.3) is 0 Å². The van der Waals surface area contributed by atoms with E-state index < -0.39 is 36.1 Å². The van der Waals surface area contributed by atoms with E-state index in [0.717, 1.165) is 36.4 Å². The number of nitrogens with zero attached hydrogens (tertiary/aromatic N) is 5. The molecule has 7 rings (SSSR count). The number of carbonyl (C=O) groups excluding carboxylic acids is 1. The number of aliphatic hydroxyl groups excluding tert-OH is 4. The lowest BCUT2D eigenvalue weighted by Gasteiger charge is -2.40. The number of carbonyl (C=O) groups is 1. The number of aromatic nitrogens is 4. The van der Waals surface area contributed by atoms with Gasteiger partial charge >= 0.3 is 0 Å². The number of hydrogen-bond acceptors (Lipinski definition) is 17. The van der Waals surface area contributed by atoms with Gasteiger partial charge in [0, 0.05) is 64.9 Å². The zero-order valence-corrected chi connectivity index (χ0v) is 39.9. The predicted octanol–water partition coefficient (Wildman–Crippen LogP) is 4.14. The van der Waals surface area contributed by atoms with Crippen molar-refractivity contribution < 1.29 is 58.4 Å². The van der Waals surface area contributed by atoms with Crippen LogP contribution in [0, 0.1) is 11.3 Å². The molecular formula is C40H45Br4N5O12. The van der Waals surface area contributed by atoms with Crippen LogP contribution in [0.15, 0.2) is 66.9 Å². The largest absolute Gasteiger partial charge is 0.481 e. The molecule has 7 heterocycles. The monoisotopic (exact) mass is 1100 g/mol. The molecule has 61 heavy (non-hydrogen) atoms. The lowest BCUT2D eigenvalue weighted by atomic mass is 9.80. The Morgan fingerprint density at radius 2 is 1.03 bits per heavy atom. The van der Waals surface area contributed by atoms with Crippen LogP contribution in [0.2, 0.25) is 0 Å². The first-order valence-electron chi connectivity index (χ1n) is 18.1. The quantitative estimate of drug-likeness (QED) is 0.138. The van der Waals surface area contributed by atoms with Crippen LogP contribution >= 0.6 is 63.7 Å². The van der Waals surface area contributed by atoms with Crippen molar-refractivity contribution in [3.8, 4) is 29.6 Å². The molecule has 0 spiro atoms. The fourth-order valence-corrected chi connectivity index (χ4v) is 7.42. The van der Waals surface area contributed by atoms with E-state index in [-0.39, 0.29) is 17.9 Å². The summed E-state index contributed by atoms with van der Waals surface area (Å²) in [6.07, 6.45) is 7.40. The van der Waals surface area contributed by atoms with E-state index in [0.29, 0.717) is 67.3 Å². The number of rotatable bonds is 13. The molecule has 4 N–H and O–H groups in total. The van der Waals surface area contributed by atoms with Crippen molar-refractivity contribution in [2.45, 2.75) is 21.7 Å². The highest BCUT2D eigenvalue weighted by molar-refractivity contribution is 9.11. The normalized spacial score (nSPS) is 16.3. The summed E-state index contributed by atoms with van der Waals surface area (Å²) < 4.78 is 39.1. The molecular weight excluding hydrogens is 1060 g/mol. The van der Waals surface area contributed by atoms with Crippen molar-refractivity contribution in [2.75, 3.05) is 94.5 Å². The summed E-state index contributed by atoms with van der Waals surface area (Å²) in [5.41, 5.74) is 0.257. The third-order valence-electron chi connectivity index (χ3n) is 10.1. The molecule has 0 atom stereocenters. The number of nitriles is 1. The van der Waals surface area contributed by atoms with E-state index >= 15 is 0 Å². The minimum Gasteiger partial charge on any atom is -0.481 e. The SMILES string of the molecule is COc1ncc(Br)cc1C(CO)(CO)CO.COc1ncc(Br)cc1C1(C#N)COC1.COc1ncc(Br)cc1C1(C=O)COC1.COc1ncc(Br)cc1C1(CO)COC1. The van der Waals surface area contributed by atoms with Crippen LogP contribution in [-0.2, 0) is 40.7 Å². The molecule has 0 saturated carbocycles.